The summed E-state index contributed by atoms with van der Waals surface area (Å²) in [5.41, 5.74) is 5.74. The zero-order valence-electron chi connectivity index (χ0n) is 44.9. The van der Waals surface area contributed by atoms with Crippen LogP contribution in [-0.4, -0.2) is 137 Å². The van der Waals surface area contributed by atoms with Gasteiger partial charge in [0.2, 0.25) is 17.6 Å². The zero-order valence-corrected chi connectivity index (χ0v) is 44.9. The fourth-order valence-corrected chi connectivity index (χ4v) is 10.1. The molecule has 4 aliphatic rings. The smallest absolute Gasteiger partial charge is 0.329 e. The van der Waals surface area contributed by atoms with Crippen LogP contribution in [0.15, 0.2) is 77.8 Å². The minimum atomic E-state index is -1.12. The predicted molar refractivity (Wildman–Crippen MR) is 280 cm³/mol. The summed E-state index contributed by atoms with van der Waals surface area (Å²) >= 11 is 0. The van der Waals surface area contributed by atoms with Gasteiger partial charge in [-0.25, -0.2) is 4.79 Å². The summed E-state index contributed by atoms with van der Waals surface area (Å²) in [5, 5.41) is 2.91. The highest BCUT2D eigenvalue weighted by atomic mass is 16.6. The number of nitrogens with two attached hydrogens (primary N) is 1. The van der Waals surface area contributed by atoms with Crippen molar-refractivity contribution in [3.8, 4) is 23.0 Å². The number of piperidine rings is 1. The van der Waals surface area contributed by atoms with E-state index in [4.69, 9.17) is 43.6 Å². The number of ether oxygens (including phenoxy) is 8. The SMILES string of the molecule is COC1=CC(CCC(OC(=O)C2CCCCN2C(=O)Cc2cc(OC)c(OC)c(OC)c2)C2(C)C=C(OCC(=O)NCCCCCCOc3cccc4c3C(=O)N(C(C=O)CCC(N)=O)C4=O)C=CC2)=CCC1(C)OC. The van der Waals surface area contributed by atoms with E-state index in [1.165, 1.54) is 27.4 Å². The number of aldehydes is 1. The number of nitrogens with one attached hydrogen (secondary N) is 1. The van der Waals surface area contributed by atoms with E-state index in [0.29, 0.717) is 98.7 Å². The molecule has 2 heterocycles. The third kappa shape index (κ3) is 14.2. The number of likely N-dealkylation sites (tertiary alicyclic amines) is 1. The first-order chi connectivity index (χ1) is 36.5. The number of imide groups is 1. The summed E-state index contributed by atoms with van der Waals surface area (Å²) in [6.45, 7) is 4.83. The molecule has 0 aromatic heterocycles. The average Bonchev–Trinajstić information content (AvgIpc) is 3.69. The lowest BCUT2D eigenvalue weighted by atomic mass is 9.75. The van der Waals surface area contributed by atoms with Crippen LogP contribution in [0.5, 0.6) is 23.0 Å². The maximum absolute atomic E-state index is 14.5. The molecule has 0 spiro atoms. The number of primary amides is 1. The molecule has 0 saturated carbocycles. The highest BCUT2D eigenvalue weighted by Gasteiger charge is 2.43. The number of methoxy groups -OCH3 is 5. The van der Waals surface area contributed by atoms with Gasteiger partial charge in [-0.1, -0.05) is 38.0 Å². The van der Waals surface area contributed by atoms with Crippen LogP contribution in [0.2, 0.25) is 0 Å². The third-order valence-electron chi connectivity index (χ3n) is 14.5. The van der Waals surface area contributed by atoms with Gasteiger partial charge < -0.3 is 58.6 Å². The van der Waals surface area contributed by atoms with E-state index in [-0.39, 0.29) is 61.2 Å². The Bertz CT molecular complexity index is 2560. The maximum atomic E-state index is 14.5. The molecule has 0 bridgehead atoms. The van der Waals surface area contributed by atoms with E-state index in [9.17, 15) is 33.6 Å². The summed E-state index contributed by atoms with van der Waals surface area (Å²) in [4.78, 5) is 93.5. The highest BCUT2D eigenvalue weighted by Crippen LogP contribution is 2.42. The monoisotopic (exact) mass is 1050 g/mol. The molecule has 2 aromatic carbocycles. The van der Waals surface area contributed by atoms with Gasteiger partial charge in [-0.05, 0) is 118 Å². The minimum absolute atomic E-state index is 0.00485. The first-order valence-electron chi connectivity index (χ1n) is 26.0. The summed E-state index contributed by atoms with van der Waals surface area (Å²) in [6.07, 6.45) is 16.3. The number of fused-ring (bicyclic) bond motifs is 1. The quantitative estimate of drug-likeness (QED) is 0.0376. The Hall–Kier alpha value is -7.15. The van der Waals surface area contributed by atoms with Crippen molar-refractivity contribution in [3.05, 3.63) is 94.5 Å². The van der Waals surface area contributed by atoms with E-state index in [1.807, 2.05) is 38.2 Å². The number of benzene rings is 2. The molecule has 0 radical (unpaired) electrons. The maximum Gasteiger partial charge on any atom is 0.329 e. The number of carbonyl (C=O) groups is 7. The number of nitrogens with zero attached hydrogens (tertiary/aromatic N) is 2. The first kappa shape index (κ1) is 58.1. The molecule has 19 heteroatoms. The number of unbranched alkanes of at least 4 members (excludes halogenated alkanes) is 3. The molecule has 2 aliphatic carbocycles. The topological polar surface area (TPSA) is 238 Å². The molecule has 1 fully saturated rings. The second-order valence-electron chi connectivity index (χ2n) is 19.8. The number of carbonyl (C=O) groups excluding carboxylic acids is 7. The van der Waals surface area contributed by atoms with Crippen molar-refractivity contribution < 1.29 is 71.5 Å². The van der Waals surface area contributed by atoms with E-state index in [0.717, 1.165) is 36.2 Å². The normalized spacial score (nSPS) is 20.8. The van der Waals surface area contributed by atoms with Crippen LogP contribution in [-0.2, 0) is 49.3 Å². The molecule has 5 unspecified atom stereocenters. The second-order valence-corrected chi connectivity index (χ2v) is 19.8. The molecule has 2 aromatic rings. The Kier molecular flexibility index (Phi) is 20.7. The van der Waals surface area contributed by atoms with Gasteiger partial charge in [0.15, 0.2) is 18.1 Å². The summed E-state index contributed by atoms with van der Waals surface area (Å²) in [7, 11) is 7.81. The van der Waals surface area contributed by atoms with Gasteiger partial charge in [-0.3, -0.25) is 28.9 Å². The molecule has 5 atom stereocenters. The number of allylic oxidation sites excluding steroid dienone is 4. The number of amides is 5. The van der Waals surface area contributed by atoms with Crippen LogP contribution in [0.4, 0.5) is 0 Å². The average molecular weight is 1060 g/mol. The van der Waals surface area contributed by atoms with Gasteiger partial charge >= 0.3 is 5.97 Å². The predicted octanol–water partition coefficient (Wildman–Crippen LogP) is 6.64. The third-order valence-corrected chi connectivity index (χ3v) is 14.5. The second kappa shape index (κ2) is 27.1. The Morgan fingerprint density at radius 1 is 0.882 bits per heavy atom. The van der Waals surface area contributed by atoms with Gasteiger partial charge in [0, 0.05) is 38.5 Å². The van der Waals surface area contributed by atoms with Crippen LogP contribution < -0.4 is 30.0 Å². The van der Waals surface area contributed by atoms with Crippen LogP contribution in [0.25, 0.3) is 0 Å². The standard InChI is InChI=1S/C57H74N4O15/c1-56(25-15-16-40(34-56)75-36-49(64)59-27-11-8-9-13-29-74-43-19-14-17-41-51(43)54(67)61(53(41)66)39(35-62)21-23-48(58)63)46(22-20-37-24-26-57(2,73-7)47(32-37)71-5)76-55(68)42-18-10-12-28-60(42)50(65)33-38-30-44(69-3)52(72-6)45(31-38)70-4/h14-17,19,24,30-32,34-35,39,42,46H,8-13,18,20-23,25-29,33,36H2,1-7H3,(H2,58,63)(H,59,64). The van der Waals surface area contributed by atoms with Crippen molar-refractivity contribution in [3.63, 3.8) is 0 Å². The van der Waals surface area contributed by atoms with Crippen LogP contribution in [0.3, 0.4) is 0 Å². The molecular weight excluding hydrogens is 981 g/mol. The van der Waals surface area contributed by atoms with Crippen molar-refractivity contribution in [1.29, 1.82) is 0 Å². The number of rotatable bonds is 29. The van der Waals surface area contributed by atoms with Crippen LogP contribution in [0, 0.1) is 5.41 Å². The van der Waals surface area contributed by atoms with Crippen molar-refractivity contribution in [1.82, 2.24) is 15.1 Å². The Morgan fingerprint density at radius 3 is 2.32 bits per heavy atom. The fraction of sp³-hybridized carbons (Fsp3) is 0.526. The summed E-state index contributed by atoms with van der Waals surface area (Å²) in [6, 6.07) is 6.25. The lowest BCUT2D eigenvalue weighted by molar-refractivity contribution is -0.166. The molecule has 19 nitrogen and oxygen atoms in total. The summed E-state index contributed by atoms with van der Waals surface area (Å²) in [5.74, 6) is -0.274. The van der Waals surface area contributed by atoms with Gasteiger partial charge in [-0.15, -0.1) is 0 Å². The summed E-state index contributed by atoms with van der Waals surface area (Å²) < 4.78 is 46.6. The molecule has 5 amide bonds. The lowest BCUT2D eigenvalue weighted by Crippen LogP contribution is -2.51. The zero-order chi connectivity index (χ0) is 55.0. The van der Waals surface area contributed by atoms with Gasteiger partial charge in [0.25, 0.3) is 17.7 Å². The van der Waals surface area contributed by atoms with Crippen molar-refractivity contribution in [2.75, 3.05) is 61.9 Å². The van der Waals surface area contributed by atoms with E-state index >= 15 is 0 Å². The largest absolute Gasteiger partial charge is 0.498 e. The number of esters is 1. The molecule has 76 heavy (non-hydrogen) atoms. The van der Waals surface area contributed by atoms with Crippen LogP contribution in [0.1, 0.15) is 124 Å². The first-order valence-corrected chi connectivity index (χ1v) is 26.0. The van der Waals surface area contributed by atoms with E-state index in [2.05, 4.69) is 11.4 Å². The number of hydrogen-bond donors (Lipinski definition) is 2. The van der Waals surface area contributed by atoms with Gasteiger partial charge in [0.05, 0.1) is 58.6 Å². The molecule has 2 aliphatic heterocycles. The number of hydrogen-bond acceptors (Lipinski definition) is 15. The molecular formula is C57H74N4O15. The van der Waals surface area contributed by atoms with Gasteiger partial charge in [-0.2, -0.15) is 0 Å². The fourth-order valence-electron chi connectivity index (χ4n) is 10.1. The van der Waals surface area contributed by atoms with Crippen LogP contribution >= 0.6 is 0 Å². The van der Waals surface area contributed by atoms with E-state index in [1.54, 1.807) is 43.4 Å². The van der Waals surface area contributed by atoms with Gasteiger partial charge in [0.1, 0.15) is 41.3 Å². The minimum Gasteiger partial charge on any atom is -0.498 e. The Balaban J connectivity index is 1.03. The Morgan fingerprint density at radius 2 is 1.63 bits per heavy atom. The lowest BCUT2D eigenvalue weighted by Gasteiger charge is -2.39. The van der Waals surface area contributed by atoms with Crippen molar-refractivity contribution in [2.45, 2.75) is 128 Å². The Labute approximate surface area is 445 Å². The van der Waals surface area contributed by atoms with Crippen molar-refractivity contribution >= 4 is 41.8 Å². The highest BCUT2D eigenvalue weighted by molar-refractivity contribution is 6.23. The van der Waals surface area contributed by atoms with Crippen molar-refractivity contribution in [2.24, 2.45) is 11.1 Å². The molecule has 412 valence electrons. The molecule has 3 N–H and O–H groups in total. The molecule has 6 rings (SSSR count). The van der Waals surface area contributed by atoms with E-state index < -0.39 is 52.9 Å². The molecule has 1 saturated heterocycles.